The van der Waals surface area contributed by atoms with Crippen LogP contribution in [0.3, 0.4) is 0 Å². The maximum absolute atomic E-state index is 9.12. The van der Waals surface area contributed by atoms with Gasteiger partial charge in [-0.2, -0.15) is 0 Å². The maximum atomic E-state index is 9.12. The summed E-state index contributed by atoms with van der Waals surface area (Å²) >= 11 is 3.45. The van der Waals surface area contributed by atoms with Gasteiger partial charge in [0.1, 0.15) is 11.5 Å². The normalized spacial score (nSPS) is 9.84. The molecule has 3 aromatic carbocycles. The zero-order chi connectivity index (χ0) is 24.6. The maximum Gasteiger partial charge on any atom is 0.569 e. The van der Waals surface area contributed by atoms with Crippen molar-refractivity contribution in [3.63, 3.8) is 0 Å². The molecule has 0 unspecified atom stereocenters. The molecule has 3 rings (SSSR count). The molecule has 3 aromatic rings. The molecule has 3 nitrogen and oxygen atoms in total. The van der Waals surface area contributed by atoms with Crippen LogP contribution in [0, 0.1) is 62.3 Å². The van der Waals surface area contributed by atoms with E-state index in [1.807, 2.05) is 39.8 Å². The summed E-state index contributed by atoms with van der Waals surface area (Å²) in [7, 11) is 0.698. The Morgan fingerprint density at radius 3 is 1.25 bits per heavy atom. The molecular formula is C27H35BBrO3. The summed E-state index contributed by atoms with van der Waals surface area (Å²) < 4.78 is 6.03. The van der Waals surface area contributed by atoms with Gasteiger partial charge >= 0.3 is 7.69 Å². The van der Waals surface area contributed by atoms with Crippen molar-refractivity contribution in [2.45, 2.75) is 62.3 Å². The lowest BCUT2D eigenvalue weighted by Gasteiger charge is -2.08. The third-order valence-electron chi connectivity index (χ3n) is 5.89. The topological polar surface area (TPSA) is 49.7 Å². The van der Waals surface area contributed by atoms with Crippen molar-refractivity contribution in [1.82, 2.24) is 0 Å². The zero-order valence-corrected chi connectivity index (χ0v) is 22.3. The number of rotatable bonds is 2. The molecule has 0 aliphatic rings. The standard InChI is InChI=1S/C9H12BO2.C9H11Br.C9H12O/c1-6-4-9(12-10-11)5-7(2)8(6)3;2*1-6-4-9(10)5-7(2)8(6)3/h4-5,11H,1-3H3;4-5H,1-3H3;4-5,10H,1-3H3. The van der Waals surface area contributed by atoms with Gasteiger partial charge in [-0.15, -0.1) is 0 Å². The Morgan fingerprint density at radius 1 is 0.594 bits per heavy atom. The third-order valence-corrected chi connectivity index (χ3v) is 6.35. The zero-order valence-electron chi connectivity index (χ0n) is 20.7. The molecule has 0 heterocycles. The van der Waals surface area contributed by atoms with E-state index in [0.29, 0.717) is 19.2 Å². The van der Waals surface area contributed by atoms with Gasteiger partial charge in [0.05, 0.1) is 0 Å². The molecule has 5 heteroatoms. The van der Waals surface area contributed by atoms with Crippen molar-refractivity contribution >= 4 is 23.6 Å². The molecule has 0 aliphatic heterocycles. The van der Waals surface area contributed by atoms with Crippen LogP contribution in [0.4, 0.5) is 0 Å². The van der Waals surface area contributed by atoms with Crippen LogP contribution in [0.25, 0.3) is 0 Å². The molecule has 0 fully saturated rings. The van der Waals surface area contributed by atoms with Crippen molar-refractivity contribution in [1.29, 1.82) is 0 Å². The first-order valence-corrected chi connectivity index (χ1v) is 11.4. The first-order valence-electron chi connectivity index (χ1n) is 10.6. The fourth-order valence-electron chi connectivity index (χ4n) is 3.12. The number of halogens is 1. The first kappa shape index (κ1) is 27.8. The molecule has 2 N–H and O–H groups in total. The van der Waals surface area contributed by atoms with Gasteiger partial charge in [0.2, 0.25) is 0 Å². The van der Waals surface area contributed by atoms with E-state index in [1.54, 1.807) is 12.1 Å². The van der Waals surface area contributed by atoms with Crippen LogP contribution >= 0.6 is 15.9 Å². The predicted octanol–water partition coefficient (Wildman–Crippen LogP) is 7.21. The van der Waals surface area contributed by atoms with E-state index in [0.717, 1.165) is 11.1 Å². The van der Waals surface area contributed by atoms with Gasteiger partial charge in [-0.3, -0.25) is 0 Å². The summed E-state index contributed by atoms with van der Waals surface area (Å²) in [4.78, 5) is 0. The van der Waals surface area contributed by atoms with Crippen molar-refractivity contribution in [2.75, 3.05) is 0 Å². The quantitative estimate of drug-likeness (QED) is 0.367. The Labute approximate surface area is 202 Å². The first-order chi connectivity index (χ1) is 14.9. The highest BCUT2D eigenvalue weighted by atomic mass is 79.9. The van der Waals surface area contributed by atoms with E-state index in [9.17, 15) is 0 Å². The van der Waals surface area contributed by atoms with Crippen molar-refractivity contribution < 1.29 is 14.8 Å². The van der Waals surface area contributed by atoms with Gasteiger partial charge in [-0.05, 0) is 149 Å². The van der Waals surface area contributed by atoms with Crippen LogP contribution in [0.5, 0.6) is 11.5 Å². The largest absolute Gasteiger partial charge is 0.569 e. The number of benzene rings is 3. The van der Waals surface area contributed by atoms with Gasteiger partial charge in [-0.1, -0.05) is 15.9 Å². The summed E-state index contributed by atoms with van der Waals surface area (Å²) in [5, 5.41) is 17.5. The molecule has 1 radical (unpaired) electrons. The average molecular weight is 498 g/mol. The van der Waals surface area contributed by atoms with Crippen molar-refractivity contribution in [2.24, 2.45) is 0 Å². The fraction of sp³-hybridized carbons (Fsp3) is 0.333. The molecule has 0 spiro atoms. The second-order valence-electron chi connectivity index (χ2n) is 8.27. The SMILES string of the molecule is Cc1cc(Br)cc(C)c1C.Cc1cc(O)cc(C)c1C.Cc1cc(O[B]O)cc(C)c1C. The second kappa shape index (κ2) is 12.7. The smallest absolute Gasteiger partial charge is 0.537 e. The van der Waals surface area contributed by atoms with E-state index in [-0.39, 0.29) is 0 Å². The van der Waals surface area contributed by atoms with E-state index >= 15 is 0 Å². The highest BCUT2D eigenvalue weighted by Gasteiger charge is 2.01. The summed E-state index contributed by atoms with van der Waals surface area (Å²) in [6.07, 6.45) is 0. The van der Waals surface area contributed by atoms with Crippen LogP contribution in [0.15, 0.2) is 40.9 Å². The molecule has 0 saturated carbocycles. The van der Waals surface area contributed by atoms with E-state index in [2.05, 4.69) is 62.7 Å². The summed E-state index contributed by atoms with van der Waals surface area (Å²) in [6.45, 7) is 18.6. The highest BCUT2D eigenvalue weighted by Crippen LogP contribution is 2.21. The molecule has 0 amide bonds. The predicted molar refractivity (Wildman–Crippen MR) is 140 cm³/mol. The van der Waals surface area contributed by atoms with Crippen molar-refractivity contribution in [3.05, 3.63) is 90.9 Å². The Morgan fingerprint density at radius 2 is 0.906 bits per heavy atom. The Hall–Kier alpha value is -2.24. The molecular weight excluding hydrogens is 463 g/mol. The molecule has 0 aliphatic carbocycles. The number of phenols is 1. The van der Waals surface area contributed by atoms with E-state index < -0.39 is 0 Å². The van der Waals surface area contributed by atoms with Crippen LogP contribution < -0.4 is 4.65 Å². The Bertz CT molecular complexity index is 936. The lowest BCUT2D eigenvalue weighted by Crippen LogP contribution is -2.01. The molecule has 0 aromatic heterocycles. The van der Waals surface area contributed by atoms with Crippen LogP contribution in [-0.4, -0.2) is 17.8 Å². The van der Waals surface area contributed by atoms with E-state index in [4.69, 9.17) is 14.8 Å². The summed E-state index contributed by atoms with van der Waals surface area (Å²) in [6, 6.07) is 11.6. The summed E-state index contributed by atoms with van der Waals surface area (Å²) in [5.74, 6) is 1.04. The summed E-state index contributed by atoms with van der Waals surface area (Å²) in [5.41, 5.74) is 11.3. The van der Waals surface area contributed by atoms with Crippen molar-refractivity contribution in [3.8, 4) is 11.5 Å². The van der Waals surface area contributed by atoms with Gasteiger partial charge in [-0.25, -0.2) is 0 Å². The number of hydrogen-bond donors (Lipinski definition) is 2. The van der Waals surface area contributed by atoms with Gasteiger partial charge in [0.15, 0.2) is 0 Å². The number of hydrogen-bond acceptors (Lipinski definition) is 3. The Balaban J connectivity index is 0.000000241. The van der Waals surface area contributed by atoms with E-state index in [1.165, 1.54) is 43.4 Å². The average Bonchev–Trinajstić information content (AvgIpc) is 2.69. The molecule has 32 heavy (non-hydrogen) atoms. The fourth-order valence-corrected chi connectivity index (χ4v) is 3.81. The lowest BCUT2D eigenvalue weighted by molar-refractivity contribution is 0.453. The number of aromatic hydroxyl groups is 1. The van der Waals surface area contributed by atoms with Crippen LogP contribution in [0.2, 0.25) is 0 Å². The minimum Gasteiger partial charge on any atom is -0.537 e. The lowest BCUT2D eigenvalue weighted by atomic mass is 10.0. The number of aryl methyl sites for hydroxylation is 6. The van der Waals surface area contributed by atoms with Gasteiger partial charge in [0, 0.05) is 4.47 Å². The van der Waals surface area contributed by atoms with Gasteiger partial charge < -0.3 is 14.8 Å². The molecule has 0 atom stereocenters. The number of phenolic OH excluding ortho intramolecular Hbond substituents is 1. The second-order valence-corrected chi connectivity index (χ2v) is 9.19. The third kappa shape index (κ3) is 8.36. The monoisotopic (exact) mass is 497 g/mol. The molecule has 0 bridgehead atoms. The molecule has 0 saturated heterocycles. The Kier molecular flexibility index (Phi) is 11.0. The molecule has 171 valence electrons. The van der Waals surface area contributed by atoms with Crippen LogP contribution in [0.1, 0.15) is 50.1 Å². The minimum absolute atomic E-state index is 0.362. The van der Waals surface area contributed by atoms with Crippen LogP contribution in [-0.2, 0) is 0 Å². The highest BCUT2D eigenvalue weighted by molar-refractivity contribution is 9.10. The minimum atomic E-state index is 0.362. The van der Waals surface area contributed by atoms with Gasteiger partial charge in [0.25, 0.3) is 0 Å².